The zero-order valence-corrected chi connectivity index (χ0v) is 37.1. The third-order valence-corrected chi connectivity index (χ3v) is 14.2. The Hall–Kier alpha value is -2.12. The number of phenols is 1. The van der Waals surface area contributed by atoms with E-state index in [1.165, 1.54) is 0 Å². The molecule has 0 spiro atoms. The summed E-state index contributed by atoms with van der Waals surface area (Å²) in [7, 11) is 0. The van der Waals surface area contributed by atoms with Gasteiger partial charge in [-0.05, 0) is 93.7 Å². The lowest BCUT2D eigenvalue weighted by atomic mass is 9.69. The maximum absolute atomic E-state index is 15.3. The van der Waals surface area contributed by atoms with Crippen molar-refractivity contribution in [3.8, 4) is 5.75 Å². The van der Waals surface area contributed by atoms with Crippen LogP contribution in [0.1, 0.15) is 192 Å². The van der Waals surface area contributed by atoms with Gasteiger partial charge in [-0.25, -0.2) is 0 Å². The lowest BCUT2D eigenvalue weighted by molar-refractivity contribution is -0.189. The third kappa shape index (κ3) is 9.47. The molecule has 0 radical (unpaired) electrons. The van der Waals surface area contributed by atoms with E-state index in [9.17, 15) is 5.11 Å². The molecule has 1 aromatic carbocycles. The number of ether oxygens (including phenoxy) is 2. The Morgan fingerprint density at radius 1 is 0.717 bits per heavy atom. The molecule has 0 saturated carbocycles. The summed E-state index contributed by atoms with van der Waals surface area (Å²) < 4.78 is 13.5. The van der Waals surface area contributed by atoms with Crippen LogP contribution >= 0.6 is 0 Å². The van der Waals surface area contributed by atoms with E-state index in [0.29, 0.717) is 25.7 Å². The summed E-state index contributed by atoms with van der Waals surface area (Å²) in [5.41, 5.74) is -0.750. The van der Waals surface area contributed by atoms with E-state index in [1.54, 1.807) is 0 Å². The maximum atomic E-state index is 15.3. The van der Waals surface area contributed by atoms with Gasteiger partial charge >= 0.3 is 11.9 Å². The van der Waals surface area contributed by atoms with Crippen molar-refractivity contribution in [2.24, 2.45) is 17.3 Å². The molecule has 304 valence electrons. The summed E-state index contributed by atoms with van der Waals surface area (Å²) in [4.78, 5) is 30.7. The highest BCUT2D eigenvalue weighted by Gasteiger charge is 2.55. The van der Waals surface area contributed by atoms with Gasteiger partial charge in [0.15, 0.2) is 5.41 Å². The molecule has 8 unspecified atom stereocenters. The number of aromatic hydroxyl groups is 1. The molecular formula is C46H80N2O5. The minimum absolute atomic E-state index is 0.0320. The fourth-order valence-electron chi connectivity index (χ4n) is 9.13. The molecule has 0 bridgehead atoms. The number of benzene rings is 1. The van der Waals surface area contributed by atoms with E-state index < -0.39 is 17.4 Å². The Labute approximate surface area is 324 Å². The zero-order chi connectivity index (χ0) is 40.6. The molecule has 3 N–H and O–H groups in total. The molecule has 2 fully saturated rings. The molecule has 2 heterocycles. The van der Waals surface area contributed by atoms with Crippen LogP contribution in [-0.4, -0.2) is 51.4 Å². The number of piperidine rings is 2. The predicted octanol–water partition coefficient (Wildman–Crippen LogP) is 10.5. The highest BCUT2D eigenvalue weighted by Crippen LogP contribution is 2.46. The number of carbonyl (C=O) groups excluding carboxylic acids is 2. The van der Waals surface area contributed by atoms with Crippen LogP contribution in [0.5, 0.6) is 5.75 Å². The molecule has 0 aromatic heterocycles. The van der Waals surface area contributed by atoms with Crippen LogP contribution in [0.3, 0.4) is 0 Å². The van der Waals surface area contributed by atoms with Gasteiger partial charge in [-0.15, -0.1) is 0 Å². The smallest absolute Gasteiger partial charge is 0.324 e. The number of hydrogen-bond acceptors (Lipinski definition) is 7. The lowest BCUT2D eigenvalue weighted by Gasteiger charge is -2.53. The largest absolute Gasteiger partial charge is 0.507 e. The lowest BCUT2D eigenvalue weighted by Crippen LogP contribution is -2.67. The number of rotatable bonds is 13. The van der Waals surface area contributed by atoms with Crippen molar-refractivity contribution in [3.05, 3.63) is 28.8 Å². The molecule has 2 aliphatic rings. The van der Waals surface area contributed by atoms with E-state index in [-0.39, 0.29) is 69.2 Å². The normalized spacial score (nSPS) is 33.6. The Morgan fingerprint density at radius 2 is 1.09 bits per heavy atom. The molecule has 2 saturated heterocycles. The Morgan fingerprint density at radius 3 is 1.40 bits per heavy atom. The van der Waals surface area contributed by atoms with E-state index >= 15 is 9.59 Å². The summed E-state index contributed by atoms with van der Waals surface area (Å²) in [5.74, 6) is -0.616. The van der Waals surface area contributed by atoms with Gasteiger partial charge in [0.1, 0.15) is 18.0 Å². The predicted molar refractivity (Wildman–Crippen MR) is 220 cm³/mol. The Bertz CT molecular complexity index is 1350. The van der Waals surface area contributed by atoms with Crippen LogP contribution in [0.4, 0.5) is 0 Å². The second-order valence-electron chi connectivity index (χ2n) is 20.4. The highest BCUT2D eigenvalue weighted by molar-refractivity contribution is 6.00. The molecule has 7 nitrogen and oxygen atoms in total. The van der Waals surface area contributed by atoms with Gasteiger partial charge in [0, 0.05) is 46.8 Å². The minimum Gasteiger partial charge on any atom is -0.507 e. The fraction of sp³-hybridized carbons (Fsp3) is 0.826. The standard InChI is InChI=1S/C46H80N2O5/c1-18-23-24-46(27-32-25-33(40(8,9)10)37(49)34(26-32)41(11,12)13,38(50)52-35-28-42(14,19-2)47-44(16,21-4)30(35)6)39(51)53-36-29-43(15,20-3)48-45(17,22-5)31(36)7/h25-26,30-31,35-36,47-49H,18-24,27-29H2,1-17H3. The molecule has 53 heavy (non-hydrogen) atoms. The van der Waals surface area contributed by atoms with Crippen molar-refractivity contribution in [1.82, 2.24) is 10.6 Å². The van der Waals surface area contributed by atoms with Crippen LogP contribution < -0.4 is 10.6 Å². The average molecular weight is 741 g/mol. The van der Waals surface area contributed by atoms with Crippen LogP contribution in [0, 0.1) is 17.3 Å². The van der Waals surface area contributed by atoms with Crippen molar-refractivity contribution in [1.29, 1.82) is 0 Å². The molecule has 0 amide bonds. The Kier molecular flexibility index (Phi) is 13.8. The first-order valence-corrected chi connectivity index (χ1v) is 21.1. The van der Waals surface area contributed by atoms with Gasteiger partial charge in [0.2, 0.25) is 0 Å². The number of carbonyl (C=O) groups is 2. The average Bonchev–Trinajstić information content (AvgIpc) is 3.07. The van der Waals surface area contributed by atoms with Crippen LogP contribution in [0.15, 0.2) is 12.1 Å². The summed E-state index contributed by atoms with van der Waals surface area (Å²) in [6, 6.07) is 4.02. The molecule has 2 aliphatic heterocycles. The summed E-state index contributed by atoms with van der Waals surface area (Å²) in [6.45, 7) is 36.6. The van der Waals surface area contributed by atoms with Crippen molar-refractivity contribution in [2.45, 2.75) is 227 Å². The first-order chi connectivity index (χ1) is 24.2. The summed E-state index contributed by atoms with van der Waals surface area (Å²) >= 11 is 0. The van der Waals surface area contributed by atoms with Gasteiger partial charge in [0.25, 0.3) is 0 Å². The number of hydrogen-bond donors (Lipinski definition) is 3. The van der Waals surface area contributed by atoms with Gasteiger partial charge < -0.3 is 25.2 Å². The summed E-state index contributed by atoms with van der Waals surface area (Å²) in [6.07, 6.45) is 6.11. The van der Waals surface area contributed by atoms with Crippen LogP contribution in [0.25, 0.3) is 0 Å². The van der Waals surface area contributed by atoms with E-state index in [2.05, 4.69) is 128 Å². The van der Waals surface area contributed by atoms with Gasteiger partial charge in [-0.3, -0.25) is 9.59 Å². The monoisotopic (exact) mass is 741 g/mol. The molecule has 1 aromatic rings. The second kappa shape index (κ2) is 16.2. The fourth-order valence-corrected chi connectivity index (χ4v) is 9.13. The van der Waals surface area contributed by atoms with Crippen molar-refractivity contribution >= 4 is 11.9 Å². The minimum atomic E-state index is -1.57. The molecule has 0 aliphatic carbocycles. The quantitative estimate of drug-likeness (QED) is 0.137. The van der Waals surface area contributed by atoms with Gasteiger partial charge in [-0.2, -0.15) is 0 Å². The number of esters is 2. The van der Waals surface area contributed by atoms with Crippen molar-refractivity contribution in [3.63, 3.8) is 0 Å². The number of unbranched alkanes of at least 4 members (excludes halogenated alkanes) is 1. The maximum Gasteiger partial charge on any atom is 0.324 e. The van der Waals surface area contributed by atoms with Gasteiger partial charge in [0.05, 0.1) is 0 Å². The van der Waals surface area contributed by atoms with Gasteiger partial charge in [-0.1, -0.05) is 115 Å². The van der Waals surface area contributed by atoms with Crippen LogP contribution in [-0.2, 0) is 36.3 Å². The van der Waals surface area contributed by atoms with Crippen molar-refractivity contribution < 1.29 is 24.2 Å². The molecule has 8 atom stereocenters. The molecule has 3 rings (SSSR count). The molecule has 7 heteroatoms. The first-order valence-electron chi connectivity index (χ1n) is 21.1. The van der Waals surface area contributed by atoms with E-state index in [4.69, 9.17) is 9.47 Å². The van der Waals surface area contributed by atoms with Crippen LogP contribution in [0.2, 0.25) is 0 Å². The first kappa shape index (κ1) is 45.3. The topological polar surface area (TPSA) is 96.9 Å². The van der Waals surface area contributed by atoms with E-state index in [1.807, 2.05) is 12.1 Å². The number of nitrogens with one attached hydrogen (secondary N) is 2. The van der Waals surface area contributed by atoms with Crippen molar-refractivity contribution in [2.75, 3.05) is 0 Å². The summed E-state index contributed by atoms with van der Waals surface area (Å²) in [5, 5.41) is 19.5. The second-order valence-corrected chi connectivity index (χ2v) is 20.4. The number of phenolic OH excluding ortho intramolecular Hbond substituents is 1. The van der Waals surface area contributed by atoms with E-state index in [0.717, 1.165) is 48.8 Å². The Balaban J connectivity index is 2.28. The highest BCUT2D eigenvalue weighted by atomic mass is 16.6. The SMILES string of the molecule is CCCCC(Cc1cc(C(C)(C)C)c(O)c(C(C)(C)C)c1)(C(=O)OC1CC(C)(CC)NC(C)(CC)C1C)C(=O)OC1CC(C)(CC)NC(C)(CC)C1C. The molecular weight excluding hydrogens is 661 g/mol. The third-order valence-electron chi connectivity index (χ3n) is 14.2. The zero-order valence-electron chi connectivity index (χ0n) is 37.1.